The summed E-state index contributed by atoms with van der Waals surface area (Å²) in [4.78, 5) is 22.8. The van der Waals surface area contributed by atoms with Crippen LogP contribution in [-0.2, 0) is 0 Å². The number of benzene rings is 2. The van der Waals surface area contributed by atoms with Crippen molar-refractivity contribution in [3.8, 4) is 0 Å². The number of aromatic nitrogens is 5. The van der Waals surface area contributed by atoms with Crippen LogP contribution in [0.5, 0.6) is 0 Å². The van der Waals surface area contributed by atoms with E-state index in [2.05, 4.69) is 35.7 Å². The number of H-pyrrole nitrogens is 2. The molecule has 2 aromatic carbocycles. The molecule has 0 saturated carbocycles. The maximum absolute atomic E-state index is 12.3. The molecular weight excluding hydrogens is 354 g/mol. The second-order valence-electron chi connectivity index (χ2n) is 6.47. The molecule has 0 fully saturated rings. The summed E-state index contributed by atoms with van der Waals surface area (Å²) in [6.45, 7) is 1.96. The highest BCUT2D eigenvalue weighted by molar-refractivity contribution is 6.03. The highest BCUT2D eigenvalue weighted by atomic mass is 16.1. The Morgan fingerprint density at radius 3 is 2.89 bits per heavy atom. The average molecular weight is 369 g/mol. The molecule has 8 nitrogen and oxygen atoms in total. The Labute approximate surface area is 158 Å². The van der Waals surface area contributed by atoms with Crippen molar-refractivity contribution < 1.29 is 0 Å². The monoisotopic (exact) mass is 369 g/mol. The molecule has 0 atom stereocenters. The van der Waals surface area contributed by atoms with Gasteiger partial charge in [-0.15, -0.1) is 10.2 Å². The molecule has 0 amide bonds. The Hall–Kier alpha value is -4.07. The molecule has 28 heavy (non-hydrogen) atoms. The standard InChI is InChI=1S/C20H15N7O/c1-11-5-4-6-12-9-13(19(28)23-16(11)12)10-21-26-20-24-18-17(25-27-20)14-7-2-3-8-15(14)22-18/h2-10H,1H3,(H,23,28)(H2,22,24,26,27)/b21-10+. The Kier molecular flexibility index (Phi) is 3.61. The van der Waals surface area contributed by atoms with Crippen LogP contribution in [0, 0.1) is 6.92 Å². The van der Waals surface area contributed by atoms with E-state index in [1.807, 2.05) is 49.4 Å². The normalized spacial score (nSPS) is 11.8. The maximum atomic E-state index is 12.3. The van der Waals surface area contributed by atoms with Gasteiger partial charge in [-0.1, -0.05) is 36.4 Å². The number of aromatic amines is 2. The van der Waals surface area contributed by atoms with Crippen molar-refractivity contribution >= 4 is 45.1 Å². The summed E-state index contributed by atoms with van der Waals surface area (Å²) >= 11 is 0. The Balaban J connectivity index is 1.45. The number of rotatable bonds is 3. The smallest absolute Gasteiger partial charge is 0.265 e. The number of fused-ring (bicyclic) bond motifs is 4. The number of pyridine rings is 1. The quantitative estimate of drug-likeness (QED) is 0.334. The minimum Gasteiger partial charge on any atom is -0.338 e. The summed E-state index contributed by atoms with van der Waals surface area (Å²) < 4.78 is 0. The van der Waals surface area contributed by atoms with Crippen molar-refractivity contribution in [3.63, 3.8) is 0 Å². The summed E-state index contributed by atoms with van der Waals surface area (Å²) in [6, 6.07) is 15.4. The van der Waals surface area contributed by atoms with Crippen molar-refractivity contribution in [2.75, 3.05) is 5.43 Å². The number of nitrogens with one attached hydrogen (secondary N) is 3. The molecule has 5 aromatic rings. The van der Waals surface area contributed by atoms with Crippen LogP contribution in [-0.4, -0.2) is 31.4 Å². The highest BCUT2D eigenvalue weighted by Crippen LogP contribution is 2.21. The van der Waals surface area contributed by atoms with Gasteiger partial charge in [0.05, 0.1) is 17.3 Å². The molecule has 3 N–H and O–H groups in total. The lowest BCUT2D eigenvalue weighted by Crippen LogP contribution is -2.12. The number of anilines is 1. The van der Waals surface area contributed by atoms with E-state index in [-0.39, 0.29) is 11.5 Å². The zero-order chi connectivity index (χ0) is 19.1. The fourth-order valence-corrected chi connectivity index (χ4v) is 3.22. The largest absolute Gasteiger partial charge is 0.338 e. The van der Waals surface area contributed by atoms with E-state index in [1.54, 1.807) is 6.07 Å². The van der Waals surface area contributed by atoms with Gasteiger partial charge in [-0.25, -0.2) is 5.43 Å². The lowest BCUT2D eigenvalue weighted by atomic mass is 10.1. The van der Waals surface area contributed by atoms with Gasteiger partial charge >= 0.3 is 0 Å². The zero-order valence-electron chi connectivity index (χ0n) is 14.9. The van der Waals surface area contributed by atoms with E-state index in [1.165, 1.54) is 6.21 Å². The molecule has 0 aliphatic carbocycles. The molecule has 0 unspecified atom stereocenters. The molecular formula is C20H15N7O. The molecule has 3 heterocycles. The second kappa shape index (κ2) is 6.27. The number of para-hydroxylation sites is 2. The second-order valence-corrected chi connectivity index (χ2v) is 6.47. The van der Waals surface area contributed by atoms with Crippen LogP contribution in [0.4, 0.5) is 5.95 Å². The predicted molar refractivity (Wildman–Crippen MR) is 110 cm³/mol. The van der Waals surface area contributed by atoms with Crippen LogP contribution in [0.2, 0.25) is 0 Å². The highest BCUT2D eigenvalue weighted by Gasteiger charge is 2.08. The summed E-state index contributed by atoms with van der Waals surface area (Å²) in [5.74, 6) is 0.239. The molecule has 136 valence electrons. The van der Waals surface area contributed by atoms with Crippen LogP contribution in [0.15, 0.2) is 58.4 Å². The number of hydrogen-bond donors (Lipinski definition) is 3. The van der Waals surface area contributed by atoms with Crippen molar-refractivity contribution in [1.82, 2.24) is 25.1 Å². The molecule has 0 bridgehead atoms. The Morgan fingerprint density at radius 1 is 1.07 bits per heavy atom. The summed E-state index contributed by atoms with van der Waals surface area (Å²) in [7, 11) is 0. The van der Waals surface area contributed by atoms with Gasteiger partial charge in [-0.05, 0) is 30.0 Å². The molecule has 8 heteroatoms. The van der Waals surface area contributed by atoms with Crippen molar-refractivity contribution in [2.45, 2.75) is 6.92 Å². The Bertz CT molecular complexity index is 1430. The summed E-state index contributed by atoms with van der Waals surface area (Å²) in [5, 5.41) is 14.3. The topological polar surface area (TPSA) is 112 Å². The lowest BCUT2D eigenvalue weighted by Gasteiger charge is -2.02. The number of hydrogen-bond acceptors (Lipinski definition) is 6. The number of aryl methyl sites for hydroxylation is 1. The van der Waals surface area contributed by atoms with Gasteiger partial charge in [0, 0.05) is 10.9 Å². The Morgan fingerprint density at radius 2 is 1.96 bits per heavy atom. The van der Waals surface area contributed by atoms with Crippen LogP contribution < -0.4 is 11.0 Å². The summed E-state index contributed by atoms with van der Waals surface area (Å²) in [6.07, 6.45) is 1.44. The van der Waals surface area contributed by atoms with E-state index in [9.17, 15) is 4.79 Å². The van der Waals surface area contributed by atoms with Crippen LogP contribution >= 0.6 is 0 Å². The van der Waals surface area contributed by atoms with Gasteiger partial charge in [-0.3, -0.25) is 4.79 Å². The van der Waals surface area contributed by atoms with E-state index in [0.717, 1.165) is 27.4 Å². The third-order valence-corrected chi connectivity index (χ3v) is 4.61. The van der Waals surface area contributed by atoms with Crippen LogP contribution in [0.25, 0.3) is 33.0 Å². The van der Waals surface area contributed by atoms with Gasteiger partial charge in [-0.2, -0.15) is 10.1 Å². The molecule has 5 rings (SSSR count). The van der Waals surface area contributed by atoms with Crippen molar-refractivity contribution in [2.24, 2.45) is 5.10 Å². The van der Waals surface area contributed by atoms with Gasteiger partial charge in [0.1, 0.15) is 5.52 Å². The van der Waals surface area contributed by atoms with E-state index in [0.29, 0.717) is 16.7 Å². The van der Waals surface area contributed by atoms with Crippen molar-refractivity contribution in [1.29, 1.82) is 0 Å². The first kappa shape index (κ1) is 16.1. The fraction of sp³-hybridized carbons (Fsp3) is 0.0500. The maximum Gasteiger partial charge on any atom is 0.265 e. The molecule has 0 saturated heterocycles. The van der Waals surface area contributed by atoms with E-state index in [4.69, 9.17) is 0 Å². The lowest BCUT2D eigenvalue weighted by molar-refractivity contribution is 1.01. The minimum absolute atomic E-state index is 0.211. The first-order valence-electron chi connectivity index (χ1n) is 8.72. The van der Waals surface area contributed by atoms with Crippen LogP contribution in [0.3, 0.4) is 0 Å². The molecule has 0 spiro atoms. The van der Waals surface area contributed by atoms with Crippen molar-refractivity contribution in [3.05, 3.63) is 70.0 Å². The van der Waals surface area contributed by atoms with E-state index >= 15 is 0 Å². The minimum atomic E-state index is -0.211. The van der Waals surface area contributed by atoms with Crippen LogP contribution in [0.1, 0.15) is 11.1 Å². The van der Waals surface area contributed by atoms with Gasteiger partial charge in [0.2, 0.25) is 0 Å². The van der Waals surface area contributed by atoms with Gasteiger partial charge in [0.15, 0.2) is 5.65 Å². The average Bonchev–Trinajstić information content (AvgIpc) is 3.07. The van der Waals surface area contributed by atoms with Gasteiger partial charge < -0.3 is 9.97 Å². The predicted octanol–water partition coefficient (Wildman–Crippen LogP) is 3.10. The number of hydrazone groups is 1. The fourth-order valence-electron chi connectivity index (χ4n) is 3.22. The number of nitrogens with zero attached hydrogens (tertiary/aromatic N) is 4. The molecule has 0 aliphatic rings. The SMILES string of the molecule is Cc1cccc2cc(/C=N/Nc3nnc4c(n3)[nH]c3ccccc34)c(=O)[nH]c12. The zero-order valence-corrected chi connectivity index (χ0v) is 14.9. The first-order chi connectivity index (χ1) is 13.7. The first-order valence-corrected chi connectivity index (χ1v) is 8.72. The third-order valence-electron chi connectivity index (χ3n) is 4.61. The van der Waals surface area contributed by atoms with Gasteiger partial charge in [0.25, 0.3) is 11.5 Å². The van der Waals surface area contributed by atoms with E-state index < -0.39 is 0 Å². The molecule has 0 aliphatic heterocycles. The molecule has 0 radical (unpaired) electrons. The third kappa shape index (κ3) is 2.67. The molecule has 3 aromatic heterocycles. The summed E-state index contributed by atoms with van der Waals surface area (Å²) in [5.41, 5.74) is 7.06.